The maximum Gasteiger partial charge on any atom is 0.122 e. The van der Waals surface area contributed by atoms with E-state index in [0.717, 1.165) is 30.9 Å². The van der Waals surface area contributed by atoms with E-state index in [9.17, 15) is 5.11 Å². The third kappa shape index (κ3) is 3.47. The highest BCUT2D eigenvalue weighted by molar-refractivity contribution is 5.38. The number of hydrogen-bond acceptors (Lipinski definition) is 3. The zero-order valence-electron chi connectivity index (χ0n) is 11.4. The highest BCUT2D eigenvalue weighted by atomic mass is 16.5. The molecule has 0 bridgehead atoms. The highest BCUT2D eigenvalue weighted by Gasteiger charge is 2.16. The van der Waals surface area contributed by atoms with Crippen LogP contribution in [0.25, 0.3) is 0 Å². The molecule has 0 amide bonds. The Morgan fingerprint density at radius 1 is 1.28 bits per heavy atom. The average molecular weight is 249 g/mol. The molecule has 1 aliphatic heterocycles. The van der Waals surface area contributed by atoms with Gasteiger partial charge in [0.25, 0.3) is 0 Å². The molecule has 0 radical (unpaired) electrons. The van der Waals surface area contributed by atoms with Gasteiger partial charge >= 0.3 is 0 Å². The number of β-amino-alcohol motifs (C(OH)–C–C–N with tert-alkyl or cyclic N) is 1. The summed E-state index contributed by atoms with van der Waals surface area (Å²) in [5, 5.41) is 9.96. The van der Waals surface area contributed by atoms with E-state index in [0.29, 0.717) is 6.61 Å². The Balaban J connectivity index is 1.81. The molecule has 1 saturated heterocycles. The molecule has 1 heterocycles. The van der Waals surface area contributed by atoms with Gasteiger partial charge in [-0.15, -0.1) is 0 Å². The van der Waals surface area contributed by atoms with Gasteiger partial charge in [0, 0.05) is 6.54 Å². The molecule has 1 aromatic rings. The number of nitrogens with zero attached hydrogens (tertiary/aromatic N) is 1. The van der Waals surface area contributed by atoms with Crippen molar-refractivity contribution in [2.24, 2.45) is 0 Å². The molecule has 3 heteroatoms. The smallest absolute Gasteiger partial charge is 0.122 e. The molecule has 1 N–H and O–H groups in total. The number of aliphatic hydroxyl groups excluding tert-OH is 1. The Morgan fingerprint density at radius 3 is 2.72 bits per heavy atom. The normalized spacial score (nSPS) is 17.9. The number of aliphatic hydroxyl groups is 1. The fraction of sp³-hybridized carbons (Fsp3) is 0.600. The number of likely N-dealkylation sites (tertiary alicyclic amines) is 1. The monoisotopic (exact) mass is 249 g/mol. The zero-order chi connectivity index (χ0) is 13.0. The van der Waals surface area contributed by atoms with Gasteiger partial charge in [-0.1, -0.05) is 12.1 Å². The third-order valence-corrected chi connectivity index (χ3v) is 3.65. The van der Waals surface area contributed by atoms with Crippen LogP contribution >= 0.6 is 0 Å². The Kier molecular flexibility index (Phi) is 4.61. The van der Waals surface area contributed by atoms with Crippen molar-refractivity contribution < 1.29 is 9.84 Å². The third-order valence-electron chi connectivity index (χ3n) is 3.65. The van der Waals surface area contributed by atoms with Crippen LogP contribution in [-0.2, 0) is 0 Å². The summed E-state index contributed by atoms with van der Waals surface area (Å²) in [6.07, 6.45) is 2.11. The summed E-state index contributed by atoms with van der Waals surface area (Å²) in [6.45, 7) is 7.45. The van der Waals surface area contributed by atoms with Gasteiger partial charge in [-0.3, -0.25) is 0 Å². The molecule has 0 saturated carbocycles. The van der Waals surface area contributed by atoms with Gasteiger partial charge in [0.1, 0.15) is 18.5 Å². The maximum absolute atomic E-state index is 9.96. The van der Waals surface area contributed by atoms with Crippen LogP contribution in [-0.4, -0.2) is 42.4 Å². The second kappa shape index (κ2) is 6.21. The van der Waals surface area contributed by atoms with Crippen molar-refractivity contribution in [2.75, 3.05) is 26.2 Å². The first-order valence-corrected chi connectivity index (χ1v) is 6.76. The Hall–Kier alpha value is -1.06. The molecule has 0 unspecified atom stereocenters. The van der Waals surface area contributed by atoms with Gasteiger partial charge in [-0.2, -0.15) is 0 Å². The summed E-state index contributed by atoms with van der Waals surface area (Å²) in [5.74, 6) is 0.885. The summed E-state index contributed by atoms with van der Waals surface area (Å²) < 4.78 is 5.71. The lowest BCUT2D eigenvalue weighted by molar-refractivity contribution is 0.0755. The quantitative estimate of drug-likeness (QED) is 0.868. The molecular formula is C15H23NO2. The first-order chi connectivity index (χ1) is 8.66. The lowest BCUT2D eigenvalue weighted by Crippen LogP contribution is -2.33. The van der Waals surface area contributed by atoms with Crippen LogP contribution in [0.1, 0.15) is 24.0 Å². The summed E-state index contributed by atoms with van der Waals surface area (Å²) in [5.41, 5.74) is 2.38. The summed E-state index contributed by atoms with van der Waals surface area (Å²) in [7, 11) is 0. The van der Waals surface area contributed by atoms with Gasteiger partial charge in [0.05, 0.1) is 0 Å². The summed E-state index contributed by atoms with van der Waals surface area (Å²) >= 11 is 0. The van der Waals surface area contributed by atoms with Gasteiger partial charge in [-0.25, -0.2) is 0 Å². The standard InChI is InChI=1S/C15H23NO2/c1-12-6-5-7-15(13(12)2)18-11-14(17)10-16-8-3-4-9-16/h5-7,14,17H,3-4,8-11H2,1-2H3/t14-/m0/s1. The van der Waals surface area contributed by atoms with Crippen molar-refractivity contribution >= 4 is 0 Å². The SMILES string of the molecule is Cc1cccc(OC[C@@H](O)CN2CCCC2)c1C. The van der Waals surface area contributed by atoms with Crippen molar-refractivity contribution in [1.82, 2.24) is 4.90 Å². The Labute approximate surface area is 109 Å². The number of ether oxygens (including phenoxy) is 1. The maximum atomic E-state index is 9.96. The minimum absolute atomic E-state index is 0.376. The largest absolute Gasteiger partial charge is 0.491 e. The lowest BCUT2D eigenvalue weighted by Gasteiger charge is -2.20. The molecule has 1 atom stereocenters. The molecule has 0 aliphatic carbocycles. The summed E-state index contributed by atoms with van der Waals surface area (Å²) in [6, 6.07) is 6.03. The Bertz CT molecular complexity index is 386. The van der Waals surface area contributed by atoms with E-state index < -0.39 is 6.10 Å². The number of aryl methyl sites for hydroxylation is 1. The molecule has 2 rings (SSSR count). The molecule has 1 aromatic carbocycles. The first-order valence-electron chi connectivity index (χ1n) is 6.76. The Morgan fingerprint density at radius 2 is 2.00 bits per heavy atom. The van der Waals surface area contributed by atoms with Crippen molar-refractivity contribution in [3.63, 3.8) is 0 Å². The number of rotatable bonds is 5. The summed E-state index contributed by atoms with van der Waals surface area (Å²) in [4.78, 5) is 2.30. The molecule has 3 nitrogen and oxygen atoms in total. The van der Waals surface area contributed by atoms with Crippen LogP contribution in [0.5, 0.6) is 5.75 Å². The molecule has 1 aliphatic rings. The average Bonchev–Trinajstić information content (AvgIpc) is 2.84. The second-order valence-corrected chi connectivity index (χ2v) is 5.17. The van der Waals surface area contributed by atoms with Crippen molar-refractivity contribution in [2.45, 2.75) is 32.8 Å². The molecule has 18 heavy (non-hydrogen) atoms. The lowest BCUT2D eigenvalue weighted by atomic mass is 10.1. The molecule has 0 spiro atoms. The van der Waals surface area contributed by atoms with Crippen LogP contribution in [0.3, 0.4) is 0 Å². The van der Waals surface area contributed by atoms with Crippen LogP contribution in [0.15, 0.2) is 18.2 Å². The highest BCUT2D eigenvalue weighted by Crippen LogP contribution is 2.20. The minimum atomic E-state index is -0.400. The minimum Gasteiger partial charge on any atom is -0.491 e. The topological polar surface area (TPSA) is 32.7 Å². The first kappa shape index (κ1) is 13.4. The molecular weight excluding hydrogens is 226 g/mol. The van der Waals surface area contributed by atoms with Crippen LogP contribution < -0.4 is 4.74 Å². The van der Waals surface area contributed by atoms with Gasteiger partial charge < -0.3 is 14.7 Å². The number of benzene rings is 1. The second-order valence-electron chi connectivity index (χ2n) is 5.17. The van der Waals surface area contributed by atoms with Crippen molar-refractivity contribution in [3.05, 3.63) is 29.3 Å². The predicted molar refractivity (Wildman–Crippen MR) is 73.1 cm³/mol. The van der Waals surface area contributed by atoms with E-state index >= 15 is 0 Å². The molecule has 1 fully saturated rings. The van der Waals surface area contributed by atoms with Crippen LogP contribution in [0.4, 0.5) is 0 Å². The van der Waals surface area contributed by atoms with E-state index in [1.165, 1.54) is 18.4 Å². The van der Waals surface area contributed by atoms with Crippen LogP contribution in [0, 0.1) is 13.8 Å². The van der Waals surface area contributed by atoms with Crippen molar-refractivity contribution in [3.8, 4) is 5.75 Å². The number of hydrogen-bond donors (Lipinski definition) is 1. The fourth-order valence-corrected chi connectivity index (χ4v) is 2.38. The van der Waals surface area contributed by atoms with E-state index in [1.807, 2.05) is 12.1 Å². The molecule has 0 aromatic heterocycles. The van der Waals surface area contributed by atoms with Gasteiger partial charge in [0.15, 0.2) is 0 Å². The van der Waals surface area contributed by atoms with Crippen molar-refractivity contribution in [1.29, 1.82) is 0 Å². The van der Waals surface area contributed by atoms with Gasteiger partial charge in [-0.05, 0) is 57.0 Å². The van der Waals surface area contributed by atoms with Crippen LogP contribution in [0.2, 0.25) is 0 Å². The molecule has 100 valence electrons. The predicted octanol–water partition coefficient (Wildman–Crippen LogP) is 2.14. The van der Waals surface area contributed by atoms with E-state index in [4.69, 9.17) is 4.74 Å². The van der Waals surface area contributed by atoms with Gasteiger partial charge in [0.2, 0.25) is 0 Å². The zero-order valence-corrected chi connectivity index (χ0v) is 11.4. The van der Waals surface area contributed by atoms with E-state index in [1.54, 1.807) is 0 Å². The fourth-order valence-electron chi connectivity index (χ4n) is 2.38. The van der Waals surface area contributed by atoms with E-state index in [2.05, 4.69) is 24.8 Å². The van der Waals surface area contributed by atoms with E-state index in [-0.39, 0.29) is 0 Å².